The van der Waals surface area contributed by atoms with E-state index in [9.17, 15) is 9.90 Å². The van der Waals surface area contributed by atoms with Crippen LogP contribution in [0, 0.1) is 13.8 Å². The average molecular weight is 347 g/mol. The van der Waals surface area contributed by atoms with Crippen molar-refractivity contribution < 1.29 is 9.90 Å². The summed E-state index contributed by atoms with van der Waals surface area (Å²) in [5.41, 5.74) is 4.32. The Labute approximate surface area is 154 Å². The molecule has 1 amide bonds. The lowest BCUT2D eigenvalue weighted by Crippen LogP contribution is -2.24. The third kappa shape index (κ3) is 4.05. The highest BCUT2D eigenvalue weighted by molar-refractivity contribution is 6.03. The van der Waals surface area contributed by atoms with Crippen molar-refractivity contribution in [3.05, 3.63) is 76.9 Å². The van der Waals surface area contributed by atoms with Crippen molar-refractivity contribution in [3.63, 3.8) is 0 Å². The largest absolute Gasteiger partial charge is 0.506 e. The number of aryl methyl sites for hydroxylation is 3. The Morgan fingerprint density at radius 3 is 2.62 bits per heavy atom. The van der Waals surface area contributed by atoms with E-state index >= 15 is 0 Å². The molecule has 3 aromatic carbocycles. The molecule has 0 aliphatic carbocycles. The first kappa shape index (κ1) is 18.0. The molecule has 0 aromatic heterocycles. The fraction of sp³-hybridized carbons (Fsp3) is 0.261. The molecule has 3 rings (SSSR count). The van der Waals surface area contributed by atoms with Gasteiger partial charge in [-0.25, -0.2) is 0 Å². The Bertz CT molecular complexity index is 931. The van der Waals surface area contributed by atoms with Crippen LogP contribution in [0.5, 0.6) is 5.75 Å². The van der Waals surface area contributed by atoms with Crippen LogP contribution in [-0.2, 0) is 6.42 Å². The molecule has 0 bridgehead atoms. The summed E-state index contributed by atoms with van der Waals surface area (Å²) in [5.74, 6) is -0.171. The fourth-order valence-corrected chi connectivity index (χ4v) is 3.30. The van der Waals surface area contributed by atoms with E-state index in [0.717, 1.165) is 24.6 Å². The van der Waals surface area contributed by atoms with Gasteiger partial charge in [-0.05, 0) is 55.7 Å². The molecule has 3 nitrogen and oxygen atoms in total. The van der Waals surface area contributed by atoms with Gasteiger partial charge < -0.3 is 10.4 Å². The first-order valence-corrected chi connectivity index (χ1v) is 9.11. The van der Waals surface area contributed by atoms with E-state index in [-0.39, 0.29) is 11.7 Å². The summed E-state index contributed by atoms with van der Waals surface area (Å²) < 4.78 is 0. The molecule has 0 radical (unpaired) electrons. The molecule has 0 aliphatic heterocycles. The molecule has 3 heteroatoms. The quantitative estimate of drug-likeness (QED) is 0.622. The fourth-order valence-electron chi connectivity index (χ4n) is 3.30. The number of amides is 1. The summed E-state index contributed by atoms with van der Waals surface area (Å²) in [6.45, 7) is 4.86. The van der Waals surface area contributed by atoms with Crippen LogP contribution in [0.2, 0.25) is 0 Å². The molecule has 0 spiro atoms. The highest BCUT2D eigenvalue weighted by Crippen LogP contribution is 2.28. The molecule has 134 valence electrons. The van der Waals surface area contributed by atoms with Gasteiger partial charge in [-0.1, -0.05) is 54.1 Å². The number of hydrogen-bond acceptors (Lipinski definition) is 2. The molecule has 26 heavy (non-hydrogen) atoms. The van der Waals surface area contributed by atoms with E-state index in [1.165, 1.54) is 16.7 Å². The van der Waals surface area contributed by atoms with Crippen LogP contribution < -0.4 is 5.32 Å². The van der Waals surface area contributed by atoms with Crippen LogP contribution in [0.15, 0.2) is 54.6 Å². The van der Waals surface area contributed by atoms with E-state index < -0.39 is 0 Å². The summed E-state index contributed by atoms with van der Waals surface area (Å²) in [6, 6.07) is 17.6. The number of unbranched alkanes of at least 4 members (excludes halogenated alkanes) is 1. The van der Waals surface area contributed by atoms with Gasteiger partial charge in [0.2, 0.25) is 0 Å². The van der Waals surface area contributed by atoms with E-state index in [4.69, 9.17) is 0 Å². The minimum Gasteiger partial charge on any atom is -0.506 e. The van der Waals surface area contributed by atoms with Crippen molar-refractivity contribution in [2.24, 2.45) is 0 Å². The predicted molar refractivity (Wildman–Crippen MR) is 107 cm³/mol. The second-order valence-corrected chi connectivity index (χ2v) is 6.83. The van der Waals surface area contributed by atoms with Crippen LogP contribution >= 0.6 is 0 Å². The number of rotatable bonds is 6. The van der Waals surface area contributed by atoms with E-state index in [1.807, 2.05) is 30.3 Å². The second kappa shape index (κ2) is 8.05. The first-order chi connectivity index (χ1) is 12.6. The predicted octanol–water partition coefficient (Wildman–Crippen LogP) is 4.91. The third-order valence-corrected chi connectivity index (χ3v) is 4.80. The van der Waals surface area contributed by atoms with Gasteiger partial charge in [-0.2, -0.15) is 0 Å². The molecule has 3 aromatic rings. The Hall–Kier alpha value is -2.81. The SMILES string of the molecule is Cc1ccc(CCCCNC(=O)c2ccc3ccccc3c2O)c(C)c1. The van der Waals surface area contributed by atoms with E-state index in [2.05, 4.69) is 37.4 Å². The molecule has 2 N–H and O–H groups in total. The molecule has 0 aliphatic rings. The molecule has 0 saturated heterocycles. The zero-order chi connectivity index (χ0) is 18.5. The van der Waals surface area contributed by atoms with E-state index in [0.29, 0.717) is 17.5 Å². The Kier molecular flexibility index (Phi) is 5.57. The lowest BCUT2D eigenvalue weighted by molar-refractivity contribution is 0.0950. The number of benzene rings is 3. The highest BCUT2D eigenvalue weighted by Gasteiger charge is 2.13. The molecule has 0 fully saturated rings. The molecular weight excluding hydrogens is 322 g/mol. The number of hydrogen-bond donors (Lipinski definition) is 2. The molecule has 0 atom stereocenters. The summed E-state index contributed by atoms with van der Waals surface area (Å²) >= 11 is 0. The Balaban J connectivity index is 1.52. The van der Waals surface area contributed by atoms with Crippen molar-refractivity contribution >= 4 is 16.7 Å². The average Bonchev–Trinajstić information content (AvgIpc) is 2.63. The van der Waals surface area contributed by atoms with Gasteiger partial charge >= 0.3 is 0 Å². The number of aromatic hydroxyl groups is 1. The normalized spacial score (nSPS) is 10.8. The van der Waals surface area contributed by atoms with Crippen LogP contribution in [-0.4, -0.2) is 17.6 Å². The maximum absolute atomic E-state index is 12.4. The smallest absolute Gasteiger partial charge is 0.255 e. The Morgan fingerprint density at radius 2 is 1.81 bits per heavy atom. The maximum Gasteiger partial charge on any atom is 0.255 e. The van der Waals surface area contributed by atoms with Gasteiger partial charge in [0.15, 0.2) is 0 Å². The molecule has 0 unspecified atom stereocenters. The summed E-state index contributed by atoms with van der Waals surface area (Å²) in [6.07, 6.45) is 2.95. The second-order valence-electron chi connectivity index (χ2n) is 6.83. The zero-order valence-corrected chi connectivity index (χ0v) is 15.4. The van der Waals surface area contributed by atoms with Gasteiger partial charge in [0.1, 0.15) is 5.75 Å². The van der Waals surface area contributed by atoms with Gasteiger partial charge in [0, 0.05) is 11.9 Å². The van der Waals surface area contributed by atoms with Crippen molar-refractivity contribution in [1.82, 2.24) is 5.32 Å². The van der Waals surface area contributed by atoms with Gasteiger partial charge in [-0.15, -0.1) is 0 Å². The number of nitrogens with one attached hydrogen (secondary N) is 1. The van der Waals surface area contributed by atoms with Crippen molar-refractivity contribution in [1.29, 1.82) is 0 Å². The van der Waals surface area contributed by atoms with Gasteiger partial charge in [0.05, 0.1) is 5.56 Å². The number of carbonyl (C=O) groups excluding carboxylic acids is 1. The Morgan fingerprint density at radius 1 is 1.00 bits per heavy atom. The topological polar surface area (TPSA) is 49.3 Å². The van der Waals surface area contributed by atoms with Crippen molar-refractivity contribution in [2.45, 2.75) is 33.1 Å². The monoisotopic (exact) mass is 347 g/mol. The van der Waals surface area contributed by atoms with Crippen LogP contribution in [0.1, 0.15) is 39.9 Å². The summed E-state index contributed by atoms with van der Waals surface area (Å²) in [7, 11) is 0. The van der Waals surface area contributed by atoms with E-state index in [1.54, 1.807) is 6.07 Å². The standard InChI is InChI=1S/C23H25NO2/c1-16-10-11-18(17(2)15-16)7-5-6-14-24-23(26)21-13-12-19-8-3-4-9-20(19)22(21)25/h3-4,8-13,15,25H,5-7,14H2,1-2H3,(H,24,26). The third-order valence-electron chi connectivity index (χ3n) is 4.80. The summed E-state index contributed by atoms with van der Waals surface area (Å²) in [5, 5.41) is 14.9. The number of carbonyl (C=O) groups is 1. The number of phenolic OH excluding ortho intramolecular Hbond substituents is 1. The minimum absolute atomic E-state index is 0.0517. The van der Waals surface area contributed by atoms with Crippen LogP contribution in [0.3, 0.4) is 0 Å². The molecule has 0 heterocycles. The first-order valence-electron chi connectivity index (χ1n) is 9.11. The zero-order valence-electron chi connectivity index (χ0n) is 15.4. The highest BCUT2D eigenvalue weighted by atomic mass is 16.3. The van der Waals surface area contributed by atoms with Crippen LogP contribution in [0.25, 0.3) is 10.8 Å². The van der Waals surface area contributed by atoms with Gasteiger partial charge in [0.25, 0.3) is 5.91 Å². The number of fused-ring (bicyclic) bond motifs is 1. The van der Waals surface area contributed by atoms with Gasteiger partial charge in [-0.3, -0.25) is 4.79 Å². The lowest BCUT2D eigenvalue weighted by Gasteiger charge is -2.10. The molecule has 0 saturated carbocycles. The molecular formula is C23H25NO2. The summed E-state index contributed by atoms with van der Waals surface area (Å²) in [4.78, 5) is 12.4. The lowest BCUT2D eigenvalue weighted by atomic mass is 10.0. The van der Waals surface area contributed by atoms with Crippen molar-refractivity contribution in [2.75, 3.05) is 6.54 Å². The van der Waals surface area contributed by atoms with Crippen LogP contribution in [0.4, 0.5) is 0 Å². The minimum atomic E-state index is -0.222. The maximum atomic E-state index is 12.4. The van der Waals surface area contributed by atoms with Crippen molar-refractivity contribution in [3.8, 4) is 5.75 Å². The number of phenols is 1.